The molecule has 0 aliphatic heterocycles. The van der Waals surface area contributed by atoms with Crippen LogP contribution >= 0.6 is 0 Å². The molecular weight excluding hydrogens is 290 g/mol. The van der Waals surface area contributed by atoms with Gasteiger partial charge in [0.15, 0.2) is 0 Å². The highest BCUT2D eigenvalue weighted by Gasteiger charge is 2.26. The second-order valence-corrected chi connectivity index (χ2v) is 6.15. The van der Waals surface area contributed by atoms with E-state index in [-0.39, 0.29) is 11.6 Å². The van der Waals surface area contributed by atoms with E-state index in [1.165, 1.54) is 12.1 Å². The molecule has 8 heteroatoms. The molecule has 0 aliphatic carbocycles. The van der Waals surface area contributed by atoms with Gasteiger partial charge in [-0.15, -0.1) is 0 Å². The largest absolute Gasteiger partial charge is 0.350 e. The minimum Gasteiger partial charge on any atom is -0.350 e. The fraction of sp³-hybridized carbons (Fsp3) is 0.417. The molecule has 0 bridgehead atoms. The van der Waals surface area contributed by atoms with Crippen molar-refractivity contribution < 1.29 is 22.0 Å². The van der Waals surface area contributed by atoms with Crippen LogP contribution in [0.25, 0.3) is 0 Å². The van der Waals surface area contributed by atoms with Crippen molar-refractivity contribution in [1.82, 2.24) is 10.6 Å². The minimum atomic E-state index is -4.62. The second-order valence-electron chi connectivity index (χ2n) is 4.23. The molecule has 2 N–H and O–H groups in total. The number of amides is 1. The summed E-state index contributed by atoms with van der Waals surface area (Å²) in [5.74, 6) is -3.87. The Morgan fingerprint density at radius 1 is 1.25 bits per heavy atom. The third-order valence-corrected chi connectivity index (χ3v) is 4.14. The van der Waals surface area contributed by atoms with Crippen molar-refractivity contribution >= 4 is 15.7 Å². The SMILES string of the molecule is CNC(C)CNC(=O)c1ccc(S(=O)(=O)C(F)F)cc1. The Balaban J connectivity index is 2.79. The lowest BCUT2D eigenvalue weighted by atomic mass is 10.2. The van der Waals surface area contributed by atoms with Gasteiger partial charge in [-0.3, -0.25) is 4.79 Å². The van der Waals surface area contributed by atoms with E-state index in [0.717, 1.165) is 12.1 Å². The van der Waals surface area contributed by atoms with Crippen LogP contribution in [0, 0.1) is 0 Å². The monoisotopic (exact) mass is 306 g/mol. The van der Waals surface area contributed by atoms with Crippen LogP contribution in [0.4, 0.5) is 8.78 Å². The van der Waals surface area contributed by atoms with E-state index in [4.69, 9.17) is 0 Å². The number of halogens is 2. The Hall–Kier alpha value is -1.54. The van der Waals surface area contributed by atoms with E-state index in [9.17, 15) is 22.0 Å². The summed E-state index contributed by atoms with van der Waals surface area (Å²) in [5.41, 5.74) is 0.210. The number of rotatable bonds is 6. The Morgan fingerprint density at radius 3 is 2.25 bits per heavy atom. The van der Waals surface area contributed by atoms with Crippen molar-refractivity contribution in [3.63, 3.8) is 0 Å². The molecule has 0 saturated carbocycles. The zero-order valence-corrected chi connectivity index (χ0v) is 11.9. The van der Waals surface area contributed by atoms with Gasteiger partial charge in [0.25, 0.3) is 5.91 Å². The van der Waals surface area contributed by atoms with Gasteiger partial charge in [0, 0.05) is 18.2 Å². The van der Waals surface area contributed by atoms with Gasteiger partial charge in [0.1, 0.15) is 0 Å². The van der Waals surface area contributed by atoms with Gasteiger partial charge in [-0.25, -0.2) is 8.42 Å². The predicted molar refractivity (Wildman–Crippen MR) is 70.5 cm³/mol. The molecule has 0 aliphatic rings. The highest BCUT2D eigenvalue weighted by molar-refractivity contribution is 7.91. The van der Waals surface area contributed by atoms with E-state index in [2.05, 4.69) is 10.6 Å². The normalized spacial score (nSPS) is 13.2. The van der Waals surface area contributed by atoms with Gasteiger partial charge in [0.2, 0.25) is 9.84 Å². The molecule has 1 aromatic rings. The van der Waals surface area contributed by atoms with E-state index in [1.807, 2.05) is 6.92 Å². The summed E-state index contributed by atoms with van der Waals surface area (Å²) in [4.78, 5) is 11.2. The first-order valence-electron chi connectivity index (χ1n) is 5.86. The molecule has 1 amide bonds. The van der Waals surface area contributed by atoms with Gasteiger partial charge in [-0.1, -0.05) is 0 Å². The Morgan fingerprint density at radius 2 is 1.80 bits per heavy atom. The lowest BCUT2D eigenvalue weighted by Crippen LogP contribution is -2.37. The van der Waals surface area contributed by atoms with Crippen molar-refractivity contribution in [3.05, 3.63) is 29.8 Å². The zero-order chi connectivity index (χ0) is 15.3. The van der Waals surface area contributed by atoms with Crippen LogP contribution in [0.15, 0.2) is 29.2 Å². The topological polar surface area (TPSA) is 75.3 Å². The number of carbonyl (C=O) groups is 1. The summed E-state index contributed by atoms with van der Waals surface area (Å²) in [6.45, 7) is 2.27. The number of benzene rings is 1. The maximum absolute atomic E-state index is 12.3. The van der Waals surface area contributed by atoms with Crippen molar-refractivity contribution in [3.8, 4) is 0 Å². The molecule has 20 heavy (non-hydrogen) atoms. The molecule has 0 heterocycles. The maximum Gasteiger partial charge on any atom is 0.341 e. The number of sulfone groups is 1. The summed E-state index contributed by atoms with van der Waals surface area (Å²) < 4.78 is 47.1. The molecule has 1 unspecified atom stereocenters. The number of likely N-dealkylation sites (N-methyl/N-ethyl adjacent to an activating group) is 1. The summed E-state index contributed by atoms with van der Waals surface area (Å²) in [6, 6.07) is 4.48. The molecule has 1 atom stereocenters. The van der Waals surface area contributed by atoms with Gasteiger partial charge in [-0.2, -0.15) is 8.78 Å². The van der Waals surface area contributed by atoms with Gasteiger partial charge < -0.3 is 10.6 Å². The van der Waals surface area contributed by atoms with Crippen molar-refractivity contribution in [2.75, 3.05) is 13.6 Å². The molecule has 0 radical (unpaired) electrons. The van der Waals surface area contributed by atoms with Crippen LogP contribution in [0.5, 0.6) is 0 Å². The summed E-state index contributed by atoms with van der Waals surface area (Å²) in [7, 11) is -2.87. The smallest absolute Gasteiger partial charge is 0.341 e. The number of alkyl halides is 2. The van der Waals surface area contributed by atoms with Crippen molar-refractivity contribution in [2.45, 2.75) is 23.6 Å². The third-order valence-electron chi connectivity index (χ3n) is 2.74. The molecular formula is C12H16F2N2O3S. The first-order chi connectivity index (χ1) is 9.28. The molecule has 0 spiro atoms. The van der Waals surface area contributed by atoms with E-state index >= 15 is 0 Å². The predicted octanol–water partition coefficient (Wildman–Crippen LogP) is 1.02. The van der Waals surface area contributed by atoms with Crippen LogP contribution in [0.1, 0.15) is 17.3 Å². The number of hydrogen-bond donors (Lipinski definition) is 2. The third kappa shape index (κ3) is 3.97. The van der Waals surface area contributed by atoms with Crippen molar-refractivity contribution in [1.29, 1.82) is 0 Å². The molecule has 5 nitrogen and oxygen atoms in total. The van der Waals surface area contributed by atoms with Gasteiger partial charge >= 0.3 is 5.76 Å². The number of hydrogen-bond acceptors (Lipinski definition) is 4. The van der Waals surface area contributed by atoms with Crippen LogP contribution in [0.3, 0.4) is 0 Å². The summed E-state index contributed by atoms with van der Waals surface area (Å²) >= 11 is 0. The first-order valence-corrected chi connectivity index (χ1v) is 7.41. The Labute approximate surface area is 116 Å². The second kappa shape index (κ2) is 6.76. The quantitative estimate of drug-likeness (QED) is 0.823. The molecule has 112 valence electrons. The summed E-state index contributed by atoms with van der Waals surface area (Å²) in [5, 5.41) is 5.57. The molecule has 0 saturated heterocycles. The summed E-state index contributed by atoms with van der Waals surface area (Å²) in [6.07, 6.45) is 0. The fourth-order valence-electron chi connectivity index (χ4n) is 1.35. The van der Waals surface area contributed by atoms with Crippen LogP contribution in [-0.4, -0.2) is 39.7 Å². The average Bonchev–Trinajstić information content (AvgIpc) is 2.44. The van der Waals surface area contributed by atoms with E-state index in [1.54, 1.807) is 7.05 Å². The van der Waals surface area contributed by atoms with E-state index < -0.39 is 26.4 Å². The average molecular weight is 306 g/mol. The number of carbonyl (C=O) groups excluding carboxylic acids is 1. The maximum atomic E-state index is 12.3. The van der Waals surface area contributed by atoms with Crippen molar-refractivity contribution in [2.24, 2.45) is 0 Å². The highest BCUT2D eigenvalue weighted by atomic mass is 32.2. The number of nitrogens with one attached hydrogen (secondary N) is 2. The first kappa shape index (κ1) is 16.5. The lowest BCUT2D eigenvalue weighted by molar-refractivity contribution is 0.0950. The molecule has 0 fully saturated rings. The molecule has 1 aromatic carbocycles. The zero-order valence-electron chi connectivity index (χ0n) is 11.1. The van der Waals surface area contributed by atoms with E-state index in [0.29, 0.717) is 6.54 Å². The fourth-order valence-corrected chi connectivity index (χ4v) is 2.07. The van der Waals surface area contributed by atoms with Crippen LogP contribution in [0.2, 0.25) is 0 Å². The Kier molecular flexibility index (Phi) is 5.58. The van der Waals surface area contributed by atoms with Crippen LogP contribution in [-0.2, 0) is 9.84 Å². The standard InChI is InChI=1S/C12H16F2N2O3S/c1-8(15-2)7-16-11(17)9-3-5-10(6-4-9)20(18,19)12(13)14/h3-6,8,12,15H,7H2,1-2H3,(H,16,17). The Bertz CT molecular complexity index is 559. The van der Waals surface area contributed by atoms with Gasteiger partial charge in [-0.05, 0) is 38.2 Å². The van der Waals surface area contributed by atoms with Crippen LogP contribution < -0.4 is 10.6 Å². The minimum absolute atomic E-state index is 0.0810. The highest BCUT2D eigenvalue weighted by Crippen LogP contribution is 2.18. The molecule has 1 rings (SSSR count). The van der Waals surface area contributed by atoms with Gasteiger partial charge in [0.05, 0.1) is 4.90 Å². The lowest BCUT2D eigenvalue weighted by Gasteiger charge is -2.11. The molecule has 0 aromatic heterocycles.